The average Bonchev–Trinajstić information content (AvgIpc) is 2.32. The van der Waals surface area contributed by atoms with E-state index in [1.807, 2.05) is 31.2 Å². The first-order valence-electron chi connectivity index (χ1n) is 5.83. The number of hydrogen-bond donors (Lipinski definition) is 1. The zero-order valence-corrected chi connectivity index (χ0v) is 11.7. The van der Waals surface area contributed by atoms with Gasteiger partial charge in [-0.15, -0.1) is 0 Å². The molecule has 0 amide bonds. The standard InChI is InChI=1S/C15H15BrFN/c1-10-8-12(17)6-7-13(10)15(18)9-11-4-2-3-5-14(11)16/h2-8,15H,9,18H2,1H3. The zero-order valence-electron chi connectivity index (χ0n) is 10.2. The summed E-state index contributed by atoms with van der Waals surface area (Å²) in [5.41, 5.74) is 9.25. The van der Waals surface area contributed by atoms with Gasteiger partial charge >= 0.3 is 0 Å². The van der Waals surface area contributed by atoms with E-state index in [0.717, 1.165) is 27.6 Å². The SMILES string of the molecule is Cc1cc(F)ccc1C(N)Cc1ccccc1Br. The Bertz CT molecular complexity index is 554. The van der Waals surface area contributed by atoms with Crippen LogP contribution in [0.1, 0.15) is 22.7 Å². The predicted octanol–water partition coefficient (Wildman–Crippen LogP) is 4.14. The van der Waals surface area contributed by atoms with Crippen LogP contribution in [-0.2, 0) is 6.42 Å². The van der Waals surface area contributed by atoms with Gasteiger partial charge in [0.25, 0.3) is 0 Å². The fourth-order valence-corrected chi connectivity index (χ4v) is 2.51. The maximum atomic E-state index is 13.1. The Balaban J connectivity index is 2.22. The van der Waals surface area contributed by atoms with Crippen molar-refractivity contribution in [3.63, 3.8) is 0 Å². The lowest BCUT2D eigenvalue weighted by molar-refractivity contribution is 0.622. The first-order chi connectivity index (χ1) is 8.58. The molecule has 1 unspecified atom stereocenters. The monoisotopic (exact) mass is 307 g/mol. The third kappa shape index (κ3) is 2.98. The maximum Gasteiger partial charge on any atom is 0.123 e. The Kier molecular flexibility index (Phi) is 4.15. The molecule has 1 atom stereocenters. The molecule has 0 aliphatic carbocycles. The number of nitrogens with two attached hydrogens (primary N) is 1. The number of halogens is 2. The number of rotatable bonds is 3. The van der Waals surface area contributed by atoms with Crippen molar-refractivity contribution in [2.45, 2.75) is 19.4 Å². The second kappa shape index (κ2) is 5.63. The van der Waals surface area contributed by atoms with Crippen LogP contribution >= 0.6 is 15.9 Å². The van der Waals surface area contributed by atoms with Crippen LogP contribution in [0.15, 0.2) is 46.9 Å². The third-order valence-electron chi connectivity index (χ3n) is 3.03. The summed E-state index contributed by atoms with van der Waals surface area (Å²) in [4.78, 5) is 0. The second-order valence-corrected chi connectivity index (χ2v) is 5.26. The molecular weight excluding hydrogens is 293 g/mol. The van der Waals surface area contributed by atoms with Gasteiger partial charge < -0.3 is 5.73 Å². The van der Waals surface area contributed by atoms with Crippen LogP contribution in [0.4, 0.5) is 4.39 Å². The highest BCUT2D eigenvalue weighted by Gasteiger charge is 2.11. The molecule has 1 nitrogen and oxygen atoms in total. The van der Waals surface area contributed by atoms with E-state index < -0.39 is 0 Å². The van der Waals surface area contributed by atoms with Gasteiger partial charge in [-0.25, -0.2) is 4.39 Å². The number of benzene rings is 2. The topological polar surface area (TPSA) is 26.0 Å². The van der Waals surface area contributed by atoms with E-state index in [9.17, 15) is 4.39 Å². The van der Waals surface area contributed by atoms with E-state index >= 15 is 0 Å². The van der Waals surface area contributed by atoms with E-state index in [4.69, 9.17) is 5.73 Å². The molecule has 2 aromatic rings. The summed E-state index contributed by atoms with van der Waals surface area (Å²) in [5.74, 6) is -0.218. The first-order valence-corrected chi connectivity index (χ1v) is 6.62. The summed E-state index contributed by atoms with van der Waals surface area (Å²) in [7, 11) is 0. The average molecular weight is 308 g/mol. The second-order valence-electron chi connectivity index (χ2n) is 4.40. The Morgan fingerprint density at radius 2 is 1.94 bits per heavy atom. The molecule has 2 aromatic carbocycles. The summed E-state index contributed by atoms with van der Waals surface area (Å²) >= 11 is 3.51. The van der Waals surface area contributed by atoms with E-state index in [0.29, 0.717) is 0 Å². The highest BCUT2D eigenvalue weighted by Crippen LogP contribution is 2.24. The Morgan fingerprint density at radius 1 is 1.22 bits per heavy atom. The van der Waals surface area contributed by atoms with Gasteiger partial charge in [-0.2, -0.15) is 0 Å². The summed E-state index contributed by atoms with van der Waals surface area (Å²) < 4.78 is 14.1. The Morgan fingerprint density at radius 3 is 2.61 bits per heavy atom. The fraction of sp³-hybridized carbons (Fsp3) is 0.200. The van der Waals surface area contributed by atoms with E-state index in [1.54, 1.807) is 6.07 Å². The minimum absolute atomic E-state index is 0.121. The molecule has 0 aliphatic heterocycles. The summed E-state index contributed by atoms with van der Waals surface area (Å²) in [5, 5.41) is 0. The van der Waals surface area contributed by atoms with E-state index in [2.05, 4.69) is 15.9 Å². The van der Waals surface area contributed by atoms with Crippen LogP contribution in [-0.4, -0.2) is 0 Å². The van der Waals surface area contributed by atoms with Crippen molar-refractivity contribution in [3.05, 3.63) is 69.4 Å². The normalized spacial score (nSPS) is 12.4. The van der Waals surface area contributed by atoms with Crippen LogP contribution < -0.4 is 5.73 Å². The van der Waals surface area contributed by atoms with Gasteiger partial charge in [0.2, 0.25) is 0 Å². The lowest BCUT2D eigenvalue weighted by Crippen LogP contribution is -2.15. The van der Waals surface area contributed by atoms with Crippen molar-refractivity contribution >= 4 is 15.9 Å². The molecule has 3 heteroatoms. The zero-order chi connectivity index (χ0) is 13.1. The number of hydrogen-bond acceptors (Lipinski definition) is 1. The predicted molar refractivity (Wildman–Crippen MR) is 75.9 cm³/mol. The van der Waals surface area contributed by atoms with Crippen molar-refractivity contribution < 1.29 is 4.39 Å². The molecular formula is C15H15BrFN. The molecule has 0 fully saturated rings. The molecule has 2 rings (SSSR count). The molecule has 0 saturated heterocycles. The Hall–Kier alpha value is -1.19. The largest absolute Gasteiger partial charge is 0.324 e. The first kappa shape index (κ1) is 13.2. The minimum Gasteiger partial charge on any atom is -0.324 e. The van der Waals surface area contributed by atoms with Gasteiger partial charge in [-0.3, -0.25) is 0 Å². The minimum atomic E-state index is -0.218. The molecule has 0 bridgehead atoms. The molecule has 0 aromatic heterocycles. The van der Waals surface area contributed by atoms with Crippen molar-refractivity contribution in [3.8, 4) is 0 Å². The van der Waals surface area contributed by atoms with Crippen molar-refractivity contribution in [2.75, 3.05) is 0 Å². The van der Waals surface area contributed by atoms with Gasteiger partial charge in [-0.1, -0.05) is 40.2 Å². The lowest BCUT2D eigenvalue weighted by atomic mass is 9.96. The number of aryl methyl sites for hydroxylation is 1. The van der Waals surface area contributed by atoms with Crippen LogP contribution in [0.25, 0.3) is 0 Å². The third-order valence-corrected chi connectivity index (χ3v) is 3.80. The van der Waals surface area contributed by atoms with Crippen LogP contribution in [0.3, 0.4) is 0 Å². The van der Waals surface area contributed by atoms with Crippen LogP contribution in [0.2, 0.25) is 0 Å². The fourth-order valence-electron chi connectivity index (χ4n) is 2.07. The summed E-state index contributed by atoms with van der Waals surface area (Å²) in [6.07, 6.45) is 0.730. The molecule has 0 radical (unpaired) electrons. The van der Waals surface area contributed by atoms with Gasteiger partial charge in [0, 0.05) is 10.5 Å². The highest BCUT2D eigenvalue weighted by atomic mass is 79.9. The molecule has 0 heterocycles. The quantitative estimate of drug-likeness (QED) is 0.906. The molecule has 0 aliphatic rings. The lowest BCUT2D eigenvalue weighted by Gasteiger charge is -2.15. The maximum absolute atomic E-state index is 13.1. The van der Waals surface area contributed by atoms with Gasteiger partial charge in [0.05, 0.1) is 0 Å². The van der Waals surface area contributed by atoms with Gasteiger partial charge in [0.15, 0.2) is 0 Å². The summed E-state index contributed by atoms with van der Waals surface area (Å²) in [6.45, 7) is 1.89. The summed E-state index contributed by atoms with van der Waals surface area (Å²) in [6, 6.07) is 12.6. The van der Waals surface area contributed by atoms with Crippen molar-refractivity contribution in [2.24, 2.45) is 5.73 Å². The van der Waals surface area contributed by atoms with Gasteiger partial charge in [0.1, 0.15) is 5.82 Å². The van der Waals surface area contributed by atoms with Crippen LogP contribution in [0, 0.1) is 12.7 Å². The molecule has 18 heavy (non-hydrogen) atoms. The smallest absolute Gasteiger partial charge is 0.123 e. The molecule has 94 valence electrons. The van der Waals surface area contributed by atoms with E-state index in [-0.39, 0.29) is 11.9 Å². The van der Waals surface area contributed by atoms with Gasteiger partial charge in [-0.05, 0) is 48.2 Å². The highest BCUT2D eigenvalue weighted by molar-refractivity contribution is 9.10. The van der Waals surface area contributed by atoms with Crippen molar-refractivity contribution in [1.82, 2.24) is 0 Å². The Labute approximate surface area is 115 Å². The van der Waals surface area contributed by atoms with Crippen LogP contribution in [0.5, 0.6) is 0 Å². The molecule has 0 saturated carbocycles. The molecule has 2 N–H and O–H groups in total. The van der Waals surface area contributed by atoms with Crippen molar-refractivity contribution in [1.29, 1.82) is 0 Å². The van der Waals surface area contributed by atoms with E-state index in [1.165, 1.54) is 12.1 Å². The molecule has 0 spiro atoms.